The number of halogens is 9. The molecule has 3 N–H and O–H groups in total. The molecule has 0 saturated carbocycles. The van der Waals surface area contributed by atoms with E-state index in [1.54, 1.807) is 0 Å². The average Bonchev–Trinajstić information content (AvgIpc) is 3.33. The van der Waals surface area contributed by atoms with Crippen molar-refractivity contribution in [3.8, 4) is 0 Å². The van der Waals surface area contributed by atoms with Crippen molar-refractivity contribution < 1.29 is 49.4 Å². The lowest BCUT2D eigenvalue weighted by molar-refractivity contribution is -0.143. The maximum atomic E-state index is 13.6. The number of hydrazine groups is 2. The van der Waals surface area contributed by atoms with Crippen molar-refractivity contribution in [3.63, 3.8) is 0 Å². The molecule has 0 aromatic heterocycles. The summed E-state index contributed by atoms with van der Waals surface area (Å²) >= 11 is 0. The normalized spacial score (nSPS) is 18.1. The van der Waals surface area contributed by atoms with Gasteiger partial charge in [-0.25, -0.2) is 5.53 Å². The second-order valence-corrected chi connectivity index (χ2v) is 9.78. The first-order valence-electron chi connectivity index (χ1n) is 12.3. The highest BCUT2D eigenvalue weighted by Crippen LogP contribution is 2.38. The molecule has 1 saturated heterocycles. The van der Waals surface area contributed by atoms with Gasteiger partial charge in [-0.1, -0.05) is 6.07 Å². The summed E-state index contributed by atoms with van der Waals surface area (Å²) in [6.07, 6.45) is -15.2. The van der Waals surface area contributed by atoms with E-state index in [4.69, 9.17) is 4.74 Å². The number of hydrazone groups is 1. The molecule has 16 heteroatoms. The van der Waals surface area contributed by atoms with Gasteiger partial charge in [0.1, 0.15) is 0 Å². The molecule has 2 aliphatic rings. The molecular weight excluding hydrogens is 573 g/mol. The number of ether oxygens (including phenoxy) is 1. The van der Waals surface area contributed by atoms with Crippen molar-refractivity contribution in [3.05, 3.63) is 69.8 Å². The lowest BCUT2D eigenvalue weighted by Gasteiger charge is -2.31. The fourth-order valence-corrected chi connectivity index (χ4v) is 4.70. The lowest BCUT2D eigenvalue weighted by Crippen LogP contribution is -2.44. The Morgan fingerprint density at radius 3 is 2.00 bits per heavy atom. The number of nitrogens with one attached hydrogen (secondary N) is 2. The zero-order valence-electron chi connectivity index (χ0n) is 21.5. The van der Waals surface area contributed by atoms with Crippen molar-refractivity contribution in [2.75, 3.05) is 20.3 Å². The summed E-state index contributed by atoms with van der Waals surface area (Å²) in [5.74, 6) is -0.414. The number of nitrogens with zero attached hydrogens (tertiary/aromatic N) is 3. The van der Waals surface area contributed by atoms with Crippen molar-refractivity contribution >= 4 is 5.96 Å². The minimum absolute atomic E-state index is 0.0103. The molecule has 41 heavy (non-hydrogen) atoms. The van der Waals surface area contributed by atoms with Crippen LogP contribution in [0.1, 0.15) is 52.3 Å². The summed E-state index contributed by atoms with van der Waals surface area (Å²) in [6.45, 7) is -0.352. The van der Waals surface area contributed by atoms with E-state index in [-0.39, 0.29) is 29.1 Å². The largest absolute Gasteiger partial charge is 0.416 e. The molecule has 4 rings (SSSR count). The maximum Gasteiger partial charge on any atom is 0.416 e. The van der Waals surface area contributed by atoms with E-state index >= 15 is 0 Å². The Hall–Kier alpha value is -3.24. The summed E-state index contributed by atoms with van der Waals surface area (Å²) in [5.41, 5.74) is 0.781. The number of aliphatic hydroxyl groups is 1. The molecule has 7 nitrogen and oxygen atoms in total. The first-order valence-corrected chi connectivity index (χ1v) is 12.3. The van der Waals surface area contributed by atoms with Gasteiger partial charge in [-0.2, -0.15) is 39.5 Å². The predicted octanol–water partition coefficient (Wildman–Crippen LogP) is 5.43. The Labute approximate surface area is 228 Å². The van der Waals surface area contributed by atoms with Crippen molar-refractivity contribution in [2.45, 2.75) is 50.6 Å². The Morgan fingerprint density at radius 1 is 0.902 bits per heavy atom. The third kappa shape index (κ3) is 7.54. The van der Waals surface area contributed by atoms with Crippen LogP contribution in [0.15, 0.2) is 41.5 Å². The number of benzene rings is 2. The molecule has 2 aromatic rings. The van der Waals surface area contributed by atoms with Crippen LogP contribution < -0.4 is 11.0 Å². The quantitative estimate of drug-likeness (QED) is 0.385. The lowest BCUT2D eigenvalue weighted by atomic mass is 9.86. The first kappa shape index (κ1) is 30.7. The number of alkyl halides is 9. The highest BCUT2D eigenvalue weighted by atomic mass is 19.4. The van der Waals surface area contributed by atoms with Crippen molar-refractivity contribution in [1.82, 2.24) is 21.0 Å². The second kappa shape index (κ2) is 11.6. The van der Waals surface area contributed by atoms with Gasteiger partial charge in [0.25, 0.3) is 0 Å². The van der Waals surface area contributed by atoms with Crippen LogP contribution in [0.25, 0.3) is 0 Å². The zero-order valence-corrected chi connectivity index (χ0v) is 21.5. The van der Waals surface area contributed by atoms with Crippen LogP contribution in [0, 0.1) is 5.92 Å². The molecule has 1 atom stereocenters. The van der Waals surface area contributed by atoms with Crippen molar-refractivity contribution in [2.24, 2.45) is 11.0 Å². The standard InChI is InChI=1S/C25H26F9N5O2/c1-38-36-22(35-37-38)39(12-14-8-18(24(29,30)31)11-19(9-14)25(32,33)34)13-16-10-17(23(26,27)28)2-3-20(16)21(40)15-4-6-41-7-5-15/h2-3,8-11,15,21,37,40H,4-7,12-13H2,1H3,(H,35,36). The number of rotatable bonds is 6. The molecule has 1 unspecified atom stereocenters. The van der Waals surface area contributed by atoms with E-state index < -0.39 is 60.0 Å². The topological polar surface area (TPSA) is 72.4 Å². The van der Waals surface area contributed by atoms with Gasteiger partial charge in [0.05, 0.1) is 22.8 Å². The van der Waals surface area contributed by atoms with Gasteiger partial charge in [-0.05, 0) is 65.8 Å². The monoisotopic (exact) mass is 599 g/mol. The molecular formula is C25H26F9N5O2. The van der Waals surface area contributed by atoms with Crippen LogP contribution in [0.2, 0.25) is 0 Å². The number of hydrogen-bond acceptors (Lipinski definition) is 7. The van der Waals surface area contributed by atoms with E-state index in [0.29, 0.717) is 38.2 Å². The molecule has 0 amide bonds. The van der Waals surface area contributed by atoms with E-state index in [1.807, 2.05) is 0 Å². The number of aliphatic hydroxyl groups excluding tert-OH is 1. The molecule has 0 aliphatic carbocycles. The third-order valence-corrected chi connectivity index (χ3v) is 6.76. The van der Waals surface area contributed by atoms with Gasteiger partial charge >= 0.3 is 18.5 Å². The van der Waals surface area contributed by atoms with Crippen LogP contribution in [-0.4, -0.2) is 41.3 Å². The highest BCUT2D eigenvalue weighted by Gasteiger charge is 2.38. The Morgan fingerprint density at radius 2 is 1.49 bits per heavy atom. The second-order valence-electron chi connectivity index (χ2n) is 9.78. The van der Waals surface area contributed by atoms with Gasteiger partial charge < -0.3 is 14.7 Å². The fraction of sp³-hybridized carbons (Fsp3) is 0.480. The van der Waals surface area contributed by atoms with E-state index in [9.17, 15) is 44.6 Å². The Balaban J connectivity index is 1.76. The first-order chi connectivity index (χ1) is 19.0. The maximum absolute atomic E-state index is 13.6. The van der Waals surface area contributed by atoms with Crippen LogP contribution >= 0.6 is 0 Å². The minimum Gasteiger partial charge on any atom is -0.388 e. The van der Waals surface area contributed by atoms with Gasteiger partial charge in [-0.15, -0.1) is 10.2 Å². The van der Waals surface area contributed by atoms with Crippen LogP contribution in [0.5, 0.6) is 0 Å². The van der Waals surface area contributed by atoms with Crippen LogP contribution in [0.4, 0.5) is 39.5 Å². The number of guanidine groups is 1. The third-order valence-electron chi connectivity index (χ3n) is 6.76. The zero-order chi connectivity index (χ0) is 30.2. The Kier molecular flexibility index (Phi) is 8.66. The predicted molar refractivity (Wildman–Crippen MR) is 127 cm³/mol. The van der Waals surface area contributed by atoms with E-state index in [2.05, 4.69) is 16.1 Å². The smallest absolute Gasteiger partial charge is 0.388 e. The van der Waals surface area contributed by atoms with Crippen LogP contribution in [-0.2, 0) is 36.4 Å². The molecule has 1 fully saturated rings. The summed E-state index contributed by atoms with van der Waals surface area (Å²) < 4.78 is 127. The molecule has 0 spiro atoms. The van der Waals surface area contributed by atoms with Gasteiger partial charge in [0.2, 0.25) is 5.96 Å². The molecule has 0 bridgehead atoms. The summed E-state index contributed by atoms with van der Waals surface area (Å²) in [7, 11) is 1.46. The van der Waals surface area contributed by atoms with E-state index in [1.165, 1.54) is 17.1 Å². The molecule has 2 aliphatic heterocycles. The summed E-state index contributed by atoms with van der Waals surface area (Å²) in [4.78, 5) is 1.18. The van der Waals surface area contributed by atoms with Gasteiger partial charge in [-0.3, -0.25) is 5.43 Å². The molecule has 2 aromatic carbocycles. The Bertz CT molecular complexity index is 1230. The van der Waals surface area contributed by atoms with Crippen LogP contribution in [0.3, 0.4) is 0 Å². The fourth-order valence-electron chi connectivity index (χ4n) is 4.70. The highest BCUT2D eigenvalue weighted by molar-refractivity contribution is 5.80. The molecule has 2 heterocycles. The SMILES string of the molecule is CN1NN=C(N(Cc2cc(C(F)(F)F)cc(C(F)(F)F)c2)Cc2cc(C(F)(F)F)ccc2C(O)C2CCOCC2)N1. The number of hydrogen-bond donors (Lipinski definition) is 3. The van der Waals surface area contributed by atoms with E-state index in [0.717, 1.165) is 18.2 Å². The molecule has 0 radical (unpaired) electrons. The van der Waals surface area contributed by atoms with Gasteiger partial charge in [0.15, 0.2) is 0 Å². The minimum atomic E-state index is -5.09. The summed E-state index contributed by atoms with van der Waals surface area (Å²) in [6, 6.07) is 3.83. The average molecular weight is 599 g/mol. The van der Waals surface area contributed by atoms with Crippen molar-refractivity contribution in [1.29, 1.82) is 0 Å². The molecule has 226 valence electrons. The summed E-state index contributed by atoms with van der Waals surface area (Å²) in [5, 5.41) is 16.3. The van der Waals surface area contributed by atoms with Gasteiger partial charge in [0, 0.05) is 33.4 Å².